The lowest BCUT2D eigenvalue weighted by atomic mass is 9.93. The van der Waals surface area contributed by atoms with E-state index in [0.29, 0.717) is 31.3 Å². The Morgan fingerprint density at radius 3 is 2.50 bits per heavy atom. The molecule has 0 aliphatic carbocycles. The molecule has 6 heteroatoms. The van der Waals surface area contributed by atoms with Gasteiger partial charge < -0.3 is 24.1 Å². The summed E-state index contributed by atoms with van der Waals surface area (Å²) in [4.78, 5) is 11.1. The minimum absolute atomic E-state index is 0.0696. The second-order valence-corrected chi connectivity index (χ2v) is 9.77. The molecule has 3 aromatic rings. The summed E-state index contributed by atoms with van der Waals surface area (Å²) in [5.41, 5.74) is 7.91. The fourth-order valence-corrected chi connectivity index (χ4v) is 5.12. The van der Waals surface area contributed by atoms with Crippen molar-refractivity contribution in [2.45, 2.75) is 52.2 Å². The second kappa shape index (κ2) is 10.2. The normalized spacial score (nSPS) is 18.5. The molecule has 36 heavy (non-hydrogen) atoms. The molecule has 0 bridgehead atoms. The average Bonchev–Trinajstić information content (AvgIpc) is 3.48. The predicted octanol–water partition coefficient (Wildman–Crippen LogP) is 5.98. The first kappa shape index (κ1) is 24.2. The molecule has 0 amide bonds. The monoisotopic (exact) mass is 488 g/mol. The highest BCUT2D eigenvalue weighted by Crippen LogP contribution is 2.39. The molecule has 1 N–H and O–H groups in total. The highest BCUT2D eigenvalue weighted by Gasteiger charge is 2.26. The van der Waals surface area contributed by atoms with E-state index in [2.05, 4.69) is 51.1 Å². The van der Waals surface area contributed by atoms with Crippen LogP contribution in [-0.2, 0) is 16.1 Å². The van der Waals surface area contributed by atoms with Crippen molar-refractivity contribution in [3.8, 4) is 28.4 Å². The van der Waals surface area contributed by atoms with Gasteiger partial charge in [0.25, 0.3) is 0 Å². The zero-order valence-electron chi connectivity index (χ0n) is 21.0. The number of benzene rings is 3. The SMILES string of the molecule is Cc1ccc(-c2c(C)cc(O[C@H]3CCOC3)cc2C)cc1COc1ccc2c(c1)OC[C@H]2CC(=O)O. The van der Waals surface area contributed by atoms with Crippen molar-refractivity contribution in [3.63, 3.8) is 0 Å². The highest BCUT2D eigenvalue weighted by molar-refractivity contribution is 5.73. The molecular weight excluding hydrogens is 456 g/mol. The average molecular weight is 489 g/mol. The summed E-state index contributed by atoms with van der Waals surface area (Å²) < 4.78 is 23.4. The van der Waals surface area contributed by atoms with Crippen molar-refractivity contribution >= 4 is 5.97 Å². The van der Waals surface area contributed by atoms with E-state index in [4.69, 9.17) is 24.1 Å². The smallest absolute Gasteiger partial charge is 0.304 e. The van der Waals surface area contributed by atoms with Crippen LogP contribution in [0, 0.1) is 20.8 Å². The van der Waals surface area contributed by atoms with Gasteiger partial charge in [0.05, 0.1) is 26.2 Å². The zero-order chi connectivity index (χ0) is 25.2. The van der Waals surface area contributed by atoms with Gasteiger partial charge in [-0.05, 0) is 78.4 Å². The van der Waals surface area contributed by atoms with Crippen LogP contribution < -0.4 is 14.2 Å². The van der Waals surface area contributed by atoms with Crippen LogP contribution in [0.3, 0.4) is 0 Å². The number of hydrogen-bond acceptors (Lipinski definition) is 5. The predicted molar refractivity (Wildman–Crippen MR) is 137 cm³/mol. The third-order valence-corrected chi connectivity index (χ3v) is 7.01. The lowest BCUT2D eigenvalue weighted by Gasteiger charge is -2.18. The van der Waals surface area contributed by atoms with E-state index in [9.17, 15) is 4.79 Å². The van der Waals surface area contributed by atoms with Crippen molar-refractivity contribution in [1.82, 2.24) is 0 Å². The van der Waals surface area contributed by atoms with Crippen molar-refractivity contribution in [2.24, 2.45) is 0 Å². The van der Waals surface area contributed by atoms with E-state index in [1.54, 1.807) is 0 Å². The van der Waals surface area contributed by atoms with Crippen LogP contribution >= 0.6 is 0 Å². The summed E-state index contributed by atoms with van der Waals surface area (Å²) >= 11 is 0. The summed E-state index contributed by atoms with van der Waals surface area (Å²) in [6.07, 6.45) is 1.13. The molecule has 2 aliphatic heterocycles. The van der Waals surface area contributed by atoms with Gasteiger partial charge in [0.15, 0.2) is 0 Å². The Kier molecular flexibility index (Phi) is 6.88. The van der Waals surface area contributed by atoms with Crippen LogP contribution in [0.5, 0.6) is 17.2 Å². The fourth-order valence-electron chi connectivity index (χ4n) is 5.12. The number of carboxylic acids is 1. The first-order chi connectivity index (χ1) is 17.4. The highest BCUT2D eigenvalue weighted by atomic mass is 16.5. The molecule has 3 aromatic carbocycles. The van der Waals surface area contributed by atoms with Crippen LogP contribution in [0.1, 0.15) is 46.6 Å². The van der Waals surface area contributed by atoms with E-state index < -0.39 is 5.97 Å². The molecule has 0 unspecified atom stereocenters. The Hall–Kier alpha value is -3.51. The van der Waals surface area contributed by atoms with Gasteiger partial charge in [-0.15, -0.1) is 0 Å². The maximum Gasteiger partial charge on any atom is 0.304 e. The number of carbonyl (C=O) groups is 1. The van der Waals surface area contributed by atoms with Crippen LogP contribution in [0.4, 0.5) is 0 Å². The van der Waals surface area contributed by atoms with Crippen LogP contribution in [0.25, 0.3) is 11.1 Å². The molecule has 0 aromatic heterocycles. The molecule has 1 fully saturated rings. The molecule has 188 valence electrons. The number of hydrogen-bond donors (Lipinski definition) is 1. The Morgan fingerprint density at radius 1 is 0.972 bits per heavy atom. The van der Waals surface area contributed by atoms with E-state index in [1.165, 1.54) is 16.7 Å². The van der Waals surface area contributed by atoms with Crippen molar-refractivity contribution in [1.29, 1.82) is 0 Å². The van der Waals surface area contributed by atoms with E-state index in [1.807, 2.05) is 18.2 Å². The minimum Gasteiger partial charge on any atom is -0.492 e. The summed E-state index contributed by atoms with van der Waals surface area (Å²) in [5.74, 6) is 1.38. The number of aliphatic carboxylic acids is 1. The van der Waals surface area contributed by atoms with Crippen molar-refractivity contribution in [3.05, 3.63) is 76.3 Å². The van der Waals surface area contributed by atoms with Gasteiger partial charge in [-0.1, -0.05) is 18.2 Å². The number of fused-ring (bicyclic) bond motifs is 1. The third kappa shape index (κ3) is 5.19. The molecule has 2 atom stereocenters. The molecule has 0 radical (unpaired) electrons. The third-order valence-electron chi connectivity index (χ3n) is 7.01. The standard InChI is InChI=1S/C30H32O6/c1-18-4-5-21(30-19(2)10-26(11-20(30)3)36-25-8-9-33-17-25)12-22(18)15-34-24-6-7-27-23(13-29(31)32)16-35-28(27)14-24/h4-7,10-12,14,23,25H,8-9,13,15-17H2,1-3H3,(H,31,32)/t23-,25+/m1/s1. The van der Waals surface area contributed by atoms with Gasteiger partial charge >= 0.3 is 5.97 Å². The van der Waals surface area contributed by atoms with Crippen molar-refractivity contribution < 1.29 is 28.8 Å². The van der Waals surface area contributed by atoms with Gasteiger partial charge in [0.1, 0.15) is 30.0 Å². The van der Waals surface area contributed by atoms with E-state index in [0.717, 1.165) is 41.0 Å². The largest absolute Gasteiger partial charge is 0.492 e. The van der Waals surface area contributed by atoms with Gasteiger partial charge in [0, 0.05) is 24.0 Å². The summed E-state index contributed by atoms with van der Waals surface area (Å²) in [5, 5.41) is 9.11. The first-order valence-electron chi connectivity index (χ1n) is 12.4. The number of aryl methyl sites for hydroxylation is 3. The second-order valence-electron chi connectivity index (χ2n) is 9.77. The maximum absolute atomic E-state index is 11.1. The Balaban J connectivity index is 1.31. The first-order valence-corrected chi connectivity index (χ1v) is 12.4. The van der Waals surface area contributed by atoms with E-state index in [-0.39, 0.29) is 18.4 Å². The Morgan fingerprint density at radius 2 is 1.78 bits per heavy atom. The van der Waals surface area contributed by atoms with Gasteiger partial charge in [-0.3, -0.25) is 4.79 Å². The Bertz CT molecular complexity index is 1250. The minimum atomic E-state index is -0.816. The van der Waals surface area contributed by atoms with Gasteiger partial charge in [-0.2, -0.15) is 0 Å². The zero-order valence-corrected chi connectivity index (χ0v) is 21.0. The number of rotatable bonds is 8. The van der Waals surface area contributed by atoms with Crippen LogP contribution in [0.2, 0.25) is 0 Å². The summed E-state index contributed by atoms with van der Waals surface area (Å²) in [6.45, 7) is 8.57. The molecule has 2 aliphatic rings. The van der Waals surface area contributed by atoms with Gasteiger partial charge in [0.2, 0.25) is 0 Å². The number of ether oxygens (including phenoxy) is 4. The quantitative estimate of drug-likeness (QED) is 0.421. The lowest BCUT2D eigenvalue weighted by Crippen LogP contribution is -2.15. The maximum atomic E-state index is 11.1. The van der Waals surface area contributed by atoms with Crippen molar-refractivity contribution in [2.75, 3.05) is 19.8 Å². The molecule has 6 nitrogen and oxygen atoms in total. The van der Waals surface area contributed by atoms with Gasteiger partial charge in [-0.25, -0.2) is 0 Å². The number of carboxylic acid groups (broad SMARTS) is 1. The lowest BCUT2D eigenvalue weighted by molar-refractivity contribution is -0.137. The van der Waals surface area contributed by atoms with E-state index >= 15 is 0 Å². The fraction of sp³-hybridized carbons (Fsp3) is 0.367. The molecule has 1 saturated heterocycles. The molecular formula is C30H32O6. The molecule has 5 rings (SSSR count). The molecule has 0 saturated carbocycles. The molecule has 0 spiro atoms. The summed E-state index contributed by atoms with van der Waals surface area (Å²) in [7, 11) is 0. The Labute approximate surface area is 211 Å². The summed E-state index contributed by atoms with van der Waals surface area (Å²) in [6, 6.07) is 16.4. The van der Waals surface area contributed by atoms with Crippen LogP contribution in [0.15, 0.2) is 48.5 Å². The molecule has 2 heterocycles. The topological polar surface area (TPSA) is 74.2 Å². The van der Waals surface area contributed by atoms with Crippen LogP contribution in [-0.4, -0.2) is 37.0 Å².